The predicted octanol–water partition coefficient (Wildman–Crippen LogP) is 5.64. The summed E-state index contributed by atoms with van der Waals surface area (Å²) in [6.45, 7) is 4.52. The van der Waals surface area contributed by atoms with Crippen molar-refractivity contribution in [2.24, 2.45) is 11.8 Å². The SMILES string of the molecule is CC1CCN(C(=O)OC[C@@H](C)[C@@H](c2cc(F)ccc2F)S(=O)(=O)c2ccc(Cl)cc2)CC1. The molecule has 0 bridgehead atoms. The van der Waals surface area contributed by atoms with Crippen molar-refractivity contribution in [3.05, 3.63) is 64.7 Å². The van der Waals surface area contributed by atoms with Gasteiger partial charge in [0, 0.05) is 29.6 Å². The van der Waals surface area contributed by atoms with E-state index in [9.17, 15) is 22.0 Å². The quantitative estimate of drug-likeness (QED) is 0.531. The first-order valence-corrected chi connectivity index (χ1v) is 12.4. The minimum Gasteiger partial charge on any atom is -0.449 e. The van der Waals surface area contributed by atoms with Gasteiger partial charge in [0.05, 0.1) is 16.8 Å². The molecule has 1 amide bonds. The summed E-state index contributed by atoms with van der Waals surface area (Å²) in [7, 11) is -4.16. The molecule has 1 aliphatic heterocycles. The molecule has 1 saturated heterocycles. The summed E-state index contributed by atoms with van der Waals surface area (Å²) in [5.74, 6) is -1.93. The highest BCUT2D eigenvalue weighted by Gasteiger charge is 2.37. The number of benzene rings is 2. The molecule has 3 rings (SSSR count). The molecule has 2 atom stereocenters. The van der Waals surface area contributed by atoms with E-state index in [1.165, 1.54) is 31.2 Å². The average Bonchev–Trinajstić information content (AvgIpc) is 2.75. The van der Waals surface area contributed by atoms with Gasteiger partial charge in [0.25, 0.3) is 0 Å². The molecule has 1 fully saturated rings. The number of amides is 1. The molecule has 5 nitrogen and oxygen atoms in total. The van der Waals surface area contributed by atoms with Crippen LogP contribution in [0.1, 0.15) is 37.5 Å². The topological polar surface area (TPSA) is 63.7 Å². The number of carbonyl (C=O) groups excluding carboxylic acids is 1. The molecule has 0 aliphatic carbocycles. The maximum Gasteiger partial charge on any atom is 0.409 e. The highest BCUT2D eigenvalue weighted by Crippen LogP contribution is 2.37. The Morgan fingerprint density at radius 3 is 2.41 bits per heavy atom. The molecule has 0 N–H and O–H groups in total. The molecule has 0 radical (unpaired) electrons. The van der Waals surface area contributed by atoms with Gasteiger partial charge < -0.3 is 9.64 Å². The summed E-state index contributed by atoms with van der Waals surface area (Å²) in [6.07, 6.45) is 1.20. The van der Waals surface area contributed by atoms with Gasteiger partial charge in [-0.25, -0.2) is 22.0 Å². The van der Waals surface area contributed by atoms with Crippen LogP contribution in [-0.4, -0.2) is 39.1 Å². The maximum atomic E-state index is 14.6. The summed E-state index contributed by atoms with van der Waals surface area (Å²) in [4.78, 5) is 13.9. The molecular formula is C23H26ClF2NO4S. The van der Waals surface area contributed by atoms with Crippen molar-refractivity contribution in [3.8, 4) is 0 Å². The zero-order valence-electron chi connectivity index (χ0n) is 17.9. The van der Waals surface area contributed by atoms with Gasteiger partial charge in [0.15, 0.2) is 9.84 Å². The number of rotatable bonds is 6. The van der Waals surface area contributed by atoms with Crippen molar-refractivity contribution in [2.75, 3.05) is 19.7 Å². The largest absolute Gasteiger partial charge is 0.449 e. The van der Waals surface area contributed by atoms with Gasteiger partial charge in [-0.1, -0.05) is 25.4 Å². The highest BCUT2D eigenvalue weighted by molar-refractivity contribution is 7.91. The van der Waals surface area contributed by atoms with Crippen LogP contribution in [0.5, 0.6) is 0 Å². The minimum atomic E-state index is -4.16. The van der Waals surface area contributed by atoms with Gasteiger partial charge in [0.1, 0.15) is 11.6 Å². The molecule has 0 unspecified atom stereocenters. The van der Waals surface area contributed by atoms with Gasteiger partial charge in [-0.15, -0.1) is 0 Å². The van der Waals surface area contributed by atoms with Crippen LogP contribution in [-0.2, 0) is 14.6 Å². The lowest BCUT2D eigenvalue weighted by molar-refractivity contribution is 0.0775. The number of ether oxygens (including phenoxy) is 1. The first kappa shape index (κ1) is 24.5. The number of hydrogen-bond acceptors (Lipinski definition) is 4. The van der Waals surface area contributed by atoms with Crippen molar-refractivity contribution in [1.82, 2.24) is 4.90 Å². The lowest BCUT2D eigenvalue weighted by Gasteiger charge is -2.30. The normalized spacial score (nSPS) is 17.1. The zero-order valence-corrected chi connectivity index (χ0v) is 19.5. The van der Waals surface area contributed by atoms with Crippen LogP contribution in [0, 0.1) is 23.5 Å². The number of piperidine rings is 1. The first-order valence-electron chi connectivity index (χ1n) is 10.5. The monoisotopic (exact) mass is 485 g/mol. The molecule has 0 spiro atoms. The third-order valence-corrected chi connectivity index (χ3v) is 8.34. The number of likely N-dealkylation sites (tertiary alicyclic amines) is 1. The van der Waals surface area contributed by atoms with Crippen LogP contribution < -0.4 is 0 Å². The minimum absolute atomic E-state index is 0.0845. The van der Waals surface area contributed by atoms with E-state index in [0.717, 1.165) is 31.0 Å². The third kappa shape index (κ3) is 5.59. The van der Waals surface area contributed by atoms with Crippen molar-refractivity contribution in [1.29, 1.82) is 0 Å². The Bertz CT molecular complexity index is 1050. The van der Waals surface area contributed by atoms with E-state index in [2.05, 4.69) is 6.92 Å². The fraction of sp³-hybridized carbons (Fsp3) is 0.435. The summed E-state index contributed by atoms with van der Waals surface area (Å²) in [5.41, 5.74) is -0.310. The molecule has 174 valence electrons. The third-order valence-electron chi connectivity index (χ3n) is 5.77. The van der Waals surface area contributed by atoms with Crippen molar-refractivity contribution < 1.29 is 26.7 Å². The molecule has 1 heterocycles. The second-order valence-corrected chi connectivity index (χ2v) is 10.8. The first-order chi connectivity index (χ1) is 15.1. The second-order valence-electron chi connectivity index (χ2n) is 8.31. The van der Waals surface area contributed by atoms with E-state index in [0.29, 0.717) is 24.0 Å². The van der Waals surface area contributed by atoms with Crippen LogP contribution in [0.2, 0.25) is 5.02 Å². The Hall–Kier alpha value is -2.19. The summed E-state index contributed by atoms with van der Waals surface area (Å²) < 4.78 is 60.9. The summed E-state index contributed by atoms with van der Waals surface area (Å²) in [5, 5.41) is -1.12. The smallest absolute Gasteiger partial charge is 0.409 e. The highest BCUT2D eigenvalue weighted by atomic mass is 35.5. The van der Waals surface area contributed by atoms with E-state index in [1.807, 2.05) is 0 Å². The van der Waals surface area contributed by atoms with Crippen LogP contribution in [0.3, 0.4) is 0 Å². The van der Waals surface area contributed by atoms with Crippen LogP contribution in [0.25, 0.3) is 0 Å². The predicted molar refractivity (Wildman–Crippen MR) is 118 cm³/mol. The standard InChI is InChI=1S/C23H26ClF2NO4S/c1-15-9-11-27(12-10-15)23(28)31-14-16(2)22(20-13-18(25)5-8-21(20)26)32(29,30)19-6-3-17(24)4-7-19/h3-8,13,15-16,22H,9-12,14H2,1-2H3/t16-,22+/m1/s1. The molecule has 9 heteroatoms. The average molecular weight is 486 g/mol. The Morgan fingerprint density at radius 2 is 1.78 bits per heavy atom. The number of hydrogen-bond donors (Lipinski definition) is 0. The number of carbonyl (C=O) groups is 1. The molecule has 32 heavy (non-hydrogen) atoms. The van der Waals surface area contributed by atoms with E-state index in [4.69, 9.17) is 16.3 Å². The Balaban J connectivity index is 1.87. The molecule has 0 aromatic heterocycles. The molecule has 0 saturated carbocycles. The second kappa shape index (κ2) is 10.2. The molecule has 2 aromatic carbocycles. The van der Waals surface area contributed by atoms with E-state index >= 15 is 0 Å². The molecule has 2 aromatic rings. The van der Waals surface area contributed by atoms with Crippen molar-refractivity contribution in [3.63, 3.8) is 0 Å². The Morgan fingerprint density at radius 1 is 1.16 bits per heavy atom. The summed E-state index contributed by atoms with van der Waals surface area (Å²) in [6, 6.07) is 8.14. The maximum absolute atomic E-state index is 14.6. The van der Waals surface area contributed by atoms with Gasteiger partial charge >= 0.3 is 6.09 Å². The number of halogens is 3. The summed E-state index contributed by atoms with van der Waals surface area (Å²) >= 11 is 5.87. The fourth-order valence-electron chi connectivity index (χ4n) is 3.86. The zero-order chi connectivity index (χ0) is 23.5. The van der Waals surface area contributed by atoms with E-state index < -0.39 is 38.7 Å². The molecule has 1 aliphatic rings. The van der Waals surface area contributed by atoms with Gasteiger partial charge in [-0.3, -0.25) is 0 Å². The van der Waals surface area contributed by atoms with Crippen LogP contribution in [0.4, 0.5) is 13.6 Å². The van der Waals surface area contributed by atoms with Gasteiger partial charge in [-0.05, 0) is 61.2 Å². The van der Waals surface area contributed by atoms with Gasteiger partial charge in [0.2, 0.25) is 0 Å². The van der Waals surface area contributed by atoms with Crippen molar-refractivity contribution in [2.45, 2.75) is 36.8 Å². The Kier molecular flexibility index (Phi) is 7.77. The lowest BCUT2D eigenvalue weighted by Crippen LogP contribution is -2.39. The van der Waals surface area contributed by atoms with Crippen molar-refractivity contribution >= 4 is 27.5 Å². The Labute approximate surface area is 192 Å². The number of nitrogens with zero attached hydrogens (tertiary/aromatic N) is 1. The number of sulfone groups is 1. The van der Waals surface area contributed by atoms with Crippen LogP contribution >= 0.6 is 11.6 Å². The van der Waals surface area contributed by atoms with Crippen LogP contribution in [0.15, 0.2) is 47.4 Å². The van der Waals surface area contributed by atoms with E-state index in [-0.39, 0.29) is 17.1 Å². The van der Waals surface area contributed by atoms with Gasteiger partial charge in [-0.2, -0.15) is 0 Å². The molecular weight excluding hydrogens is 460 g/mol. The fourth-order valence-corrected chi connectivity index (χ4v) is 6.00. The lowest BCUT2D eigenvalue weighted by atomic mass is 9.99. The van der Waals surface area contributed by atoms with E-state index in [1.54, 1.807) is 4.90 Å².